The highest BCUT2D eigenvalue weighted by atomic mass is 16.5. The predicted octanol–water partition coefficient (Wildman–Crippen LogP) is 1.98. The fourth-order valence-corrected chi connectivity index (χ4v) is 3.60. The number of nitrogens with zero attached hydrogens (tertiary/aromatic N) is 3. The van der Waals surface area contributed by atoms with Crippen LogP contribution in [0, 0.1) is 0 Å². The van der Waals surface area contributed by atoms with Gasteiger partial charge in [0.05, 0.1) is 12.5 Å². The highest BCUT2D eigenvalue weighted by Gasteiger charge is 2.48. The molecule has 23 heavy (non-hydrogen) atoms. The molecule has 1 saturated heterocycles. The van der Waals surface area contributed by atoms with Crippen LogP contribution >= 0.6 is 0 Å². The number of anilines is 2. The molecule has 3 heterocycles. The summed E-state index contributed by atoms with van der Waals surface area (Å²) in [6.07, 6.45) is 3.07. The predicted molar refractivity (Wildman–Crippen MR) is 86.8 cm³/mol. The Labute approximate surface area is 134 Å². The van der Waals surface area contributed by atoms with Crippen LogP contribution in [-0.2, 0) is 10.2 Å². The minimum Gasteiger partial charge on any atom is -0.481 e. The molecule has 1 N–H and O–H groups in total. The normalized spacial score (nSPS) is 18.7. The summed E-state index contributed by atoms with van der Waals surface area (Å²) in [5.74, 6) is 1.52. The minimum atomic E-state index is -0.399. The molecule has 1 aromatic heterocycles. The first-order valence-electron chi connectivity index (χ1n) is 7.75. The summed E-state index contributed by atoms with van der Waals surface area (Å²) in [4.78, 5) is 23.1. The molecule has 1 aromatic carbocycles. The number of ether oxygens (including phenoxy) is 1. The summed E-state index contributed by atoms with van der Waals surface area (Å²) in [7, 11) is 1.59. The van der Waals surface area contributed by atoms with Crippen LogP contribution in [0.25, 0.3) is 0 Å². The van der Waals surface area contributed by atoms with Gasteiger partial charge in [-0.2, -0.15) is 0 Å². The number of fused-ring (bicyclic) bond motifs is 2. The molecule has 2 aliphatic rings. The number of methoxy groups -OCH3 is 1. The lowest BCUT2D eigenvalue weighted by Gasteiger charge is -2.38. The van der Waals surface area contributed by atoms with Gasteiger partial charge in [0.2, 0.25) is 11.8 Å². The van der Waals surface area contributed by atoms with Crippen LogP contribution in [0.1, 0.15) is 18.4 Å². The number of carbonyl (C=O) groups excluding carboxylic acids is 1. The zero-order valence-electron chi connectivity index (χ0n) is 13.0. The van der Waals surface area contributed by atoms with Crippen molar-refractivity contribution in [2.45, 2.75) is 18.3 Å². The molecule has 0 aliphatic carbocycles. The number of benzene rings is 1. The Morgan fingerprint density at radius 1 is 1.22 bits per heavy atom. The van der Waals surface area contributed by atoms with Gasteiger partial charge in [0.15, 0.2) is 0 Å². The Bertz CT molecular complexity index is 754. The number of piperidine rings is 1. The van der Waals surface area contributed by atoms with Crippen molar-refractivity contribution >= 4 is 17.4 Å². The van der Waals surface area contributed by atoms with Crippen molar-refractivity contribution in [1.29, 1.82) is 0 Å². The molecular weight excluding hydrogens is 292 g/mol. The van der Waals surface area contributed by atoms with E-state index in [1.807, 2.05) is 24.3 Å². The molecular formula is C17H18N4O2. The van der Waals surface area contributed by atoms with Crippen molar-refractivity contribution in [1.82, 2.24) is 9.97 Å². The van der Waals surface area contributed by atoms with E-state index in [9.17, 15) is 4.79 Å². The molecule has 1 fully saturated rings. The fourth-order valence-electron chi connectivity index (χ4n) is 3.60. The standard InChI is InChI=1S/C17H18N4O2/c1-23-15-10-14(18-11-19-15)21-8-6-17(7-9-21)12-4-2-3-5-13(12)20-16(17)22/h2-5,10-11H,6-9H2,1H3,(H,20,22). The van der Waals surface area contributed by atoms with Crippen molar-refractivity contribution in [3.05, 3.63) is 42.2 Å². The molecule has 1 amide bonds. The Hall–Kier alpha value is -2.63. The Kier molecular flexibility index (Phi) is 3.18. The van der Waals surface area contributed by atoms with E-state index in [2.05, 4.69) is 26.3 Å². The second-order valence-electron chi connectivity index (χ2n) is 5.99. The third-order valence-electron chi connectivity index (χ3n) is 4.90. The van der Waals surface area contributed by atoms with Gasteiger partial charge in [-0.05, 0) is 24.5 Å². The van der Waals surface area contributed by atoms with Crippen LogP contribution in [0.3, 0.4) is 0 Å². The maximum Gasteiger partial charge on any atom is 0.235 e. The van der Waals surface area contributed by atoms with Crippen LogP contribution < -0.4 is 15.0 Å². The maximum atomic E-state index is 12.6. The summed E-state index contributed by atoms with van der Waals surface area (Å²) in [5.41, 5.74) is 1.68. The molecule has 4 rings (SSSR count). The van der Waals surface area contributed by atoms with Gasteiger partial charge in [0, 0.05) is 24.8 Å². The summed E-state index contributed by atoms with van der Waals surface area (Å²) in [5, 5.41) is 3.03. The summed E-state index contributed by atoms with van der Waals surface area (Å²) in [6.45, 7) is 1.56. The number of rotatable bonds is 2. The van der Waals surface area contributed by atoms with E-state index < -0.39 is 5.41 Å². The van der Waals surface area contributed by atoms with Crippen molar-refractivity contribution in [3.8, 4) is 5.88 Å². The van der Waals surface area contributed by atoms with Gasteiger partial charge in [-0.15, -0.1) is 0 Å². The quantitative estimate of drug-likeness (QED) is 0.918. The van der Waals surface area contributed by atoms with E-state index in [0.717, 1.165) is 43.0 Å². The summed E-state index contributed by atoms with van der Waals surface area (Å²) in [6, 6.07) is 9.84. The molecule has 118 valence electrons. The van der Waals surface area contributed by atoms with Crippen LogP contribution in [-0.4, -0.2) is 36.1 Å². The van der Waals surface area contributed by atoms with E-state index in [-0.39, 0.29) is 5.91 Å². The molecule has 1 spiro atoms. The van der Waals surface area contributed by atoms with Crippen LogP contribution in [0.5, 0.6) is 5.88 Å². The topological polar surface area (TPSA) is 67.3 Å². The zero-order valence-corrected chi connectivity index (χ0v) is 13.0. The molecule has 6 heteroatoms. The molecule has 0 bridgehead atoms. The molecule has 0 saturated carbocycles. The number of aromatic nitrogens is 2. The smallest absolute Gasteiger partial charge is 0.235 e. The molecule has 0 atom stereocenters. The summed E-state index contributed by atoms with van der Waals surface area (Å²) < 4.78 is 5.16. The second-order valence-corrected chi connectivity index (χ2v) is 5.99. The number of hydrogen-bond acceptors (Lipinski definition) is 5. The lowest BCUT2D eigenvalue weighted by molar-refractivity contribution is -0.121. The Morgan fingerprint density at radius 3 is 2.78 bits per heavy atom. The lowest BCUT2D eigenvalue weighted by atomic mass is 9.73. The first-order chi connectivity index (χ1) is 11.2. The number of hydrogen-bond donors (Lipinski definition) is 1. The SMILES string of the molecule is COc1cc(N2CCC3(CC2)C(=O)Nc2ccccc23)ncn1. The molecule has 0 radical (unpaired) electrons. The number of para-hydroxylation sites is 1. The zero-order chi connectivity index (χ0) is 15.9. The number of nitrogens with one attached hydrogen (secondary N) is 1. The highest BCUT2D eigenvalue weighted by molar-refractivity contribution is 6.06. The fraction of sp³-hybridized carbons (Fsp3) is 0.353. The third-order valence-corrected chi connectivity index (χ3v) is 4.90. The summed E-state index contributed by atoms with van der Waals surface area (Å²) >= 11 is 0. The third kappa shape index (κ3) is 2.13. The van der Waals surface area contributed by atoms with Crippen LogP contribution in [0.15, 0.2) is 36.7 Å². The first kappa shape index (κ1) is 14.0. The van der Waals surface area contributed by atoms with Crippen molar-refractivity contribution in [2.24, 2.45) is 0 Å². The lowest BCUT2D eigenvalue weighted by Crippen LogP contribution is -2.46. The van der Waals surface area contributed by atoms with E-state index in [1.165, 1.54) is 6.33 Å². The molecule has 0 unspecified atom stereocenters. The highest BCUT2D eigenvalue weighted by Crippen LogP contribution is 2.45. The van der Waals surface area contributed by atoms with Gasteiger partial charge in [0.25, 0.3) is 0 Å². The second kappa shape index (κ2) is 5.22. The van der Waals surface area contributed by atoms with Gasteiger partial charge in [-0.3, -0.25) is 4.79 Å². The maximum absolute atomic E-state index is 12.6. The van der Waals surface area contributed by atoms with Gasteiger partial charge in [-0.1, -0.05) is 18.2 Å². The van der Waals surface area contributed by atoms with E-state index >= 15 is 0 Å². The molecule has 2 aromatic rings. The number of amides is 1. The van der Waals surface area contributed by atoms with Gasteiger partial charge in [-0.25, -0.2) is 9.97 Å². The number of carbonyl (C=O) groups is 1. The van der Waals surface area contributed by atoms with Crippen molar-refractivity contribution < 1.29 is 9.53 Å². The van der Waals surface area contributed by atoms with Gasteiger partial charge in [0.1, 0.15) is 12.1 Å². The molecule has 2 aliphatic heterocycles. The van der Waals surface area contributed by atoms with Crippen molar-refractivity contribution in [2.75, 3.05) is 30.4 Å². The van der Waals surface area contributed by atoms with Gasteiger partial charge >= 0.3 is 0 Å². The van der Waals surface area contributed by atoms with Crippen LogP contribution in [0.2, 0.25) is 0 Å². The first-order valence-corrected chi connectivity index (χ1v) is 7.75. The largest absolute Gasteiger partial charge is 0.481 e. The van der Waals surface area contributed by atoms with Crippen molar-refractivity contribution in [3.63, 3.8) is 0 Å². The van der Waals surface area contributed by atoms with Gasteiger partial charge < -0.3 is 15.0 Å². The monoisotopic (exact) mass is 310 g/mol. The van der Waals surface area contributed by atoms with Crippen LogP contribution in [0.4, 0.5) is 11.5 Å². The Morgan fingerprint density at radius 2 is 2.00 bits per heavy atom. The molecule has 6 nitrogen and oxygen atoms in total. The average Bonchev–Trinajstić information content (AvgIpc) is 2.88. The van der Waals surface area contributed by atoms with E-state index in [1.54, 1.807) is 7.11 Å². The van der Waals surface area contributed by atoms with E-state index in [4.69, 9.17) is 4.74 Å². The average molecular weight is 310 g/mol. The van der Waals surface area contributed by atoms with E-state index in [0.29, 0.717) is 5.88 Å². The minimum absolute atomic E-state index is 0.124. The Balaban J connectivity index is 1.58.